The van der Waals surface area contributed by atoms with Crippen molar-refractivity contribution < 1.29 is 20.0 Å². The van der Waals surface area contributed by atoms with Gasteiger partial charge in [-0.05, 0) is 37.3 Å². The number of benzene rings is 1. The van der Waals surface area contributed by atoms with E-state index >= 15 is 0 Å². The highest BCUT2D eigenvalue weighted by atomic mass is 32.1. The number of nitrogens with zero attached hydrogens (tertiary/aromatic N) is 2. The molecule has 0 atom stereocenters. The van der Waals surface area contributed by atoms with Crippen molar-refractivity contribution in [2.24, 2.45) is 0 Å². The van der Waals surface area contributed by atoms with E-state index in [1.165, 1.54) is 17.4 Å². The number of aromatic nitrogens is 2. The van der Waals surface area contributed by atoms with E-state index in [1.54, 1.807) is 12.2 Å². The summed E-state index contributed by atoms with van der Waals surface area (Å²) < 4.78 is 1.84. The highest BCUT2D eigenvalue weighted by Gasteiger charge is 2.13. The van der Waals surface area contributed by atoms with Crippen LogP contribution in [0.25, 0.3) is 12.2 Å². The second kappa shape index (κ2) is 5.27. The molecule has 0 saturated heterocycles. The van der Waals surface area contributed by atoms with Gasteiger partial charge < -0.3 is 15.3 Å². The monoisotopic (exact) mass is 279 g/mol. The molecule has 0 unspecified atom stereocenters. The van der Waals surface area contributed by atoms with Crippen LogP contribution in [0.4, 0.5) is 0 Å². The van der Waals surface area contributed by atoms with Gasteiger partial charge in [-0.1, -0.05) is 4.68 Å². The molecule has 0 amide bonds. The first-order valence-electron chi connectivity index (χ1n) is 5.82. The van der Waals surface area contributed by atoms with Crippen LogP contribution in [0.3, 0.4) is 0 Å². The summed E-state index contributed by atoms with van der Waals surface area (Å²) in [6, 6.07) is 2.48. The average molecular weight is 279 g/mol. The second-order valence-corrected chi connectivity index (χ2v) is 5.22. The topological polar surface area (TPSA) is 77.5 Å². The summed E-state index contributed by atoms with van der Waals surface area (Å²) in [6.45, 7) is 4.67. The molecule has 2 rings (SSSR count). The predicted molar refractivity (Wildman–Crippen MR) is 73.1 cm³/mol. The van der Waals surface area contributed by atoms with Crippen molar-refractivity contribution in [3.05, 3.63) is 27.7 Å². The summed E-state index contributed by atoms with van der Waals surface area (Å²) in [5.41, 5.74) is 0.353. The fourth-order valence-electron chi connectivity index (χ4n) is 1.70. The minimum atomic E-state index is -0.344. The Kier molecular flexibility index (Phi) is 3.71. The highest BCUT2D eigenvalue weighted by Crippen LogP contribution is 2.34. The van der Waals surface area contributed by atoms with Gasteiger partial charge in [0.05, 0.1) is 0 Å². The van der Waals surface area contributed by atoms with E-state index in [4.69, 9.17) is 0 Å². The van der Waals surface area contributed by atoms with E-state index in [0.717, 1.165) is 22.6 Å². The maximum Gasteiger partial charge on any atom is 0.289 e. The summed E-state index contributed by atoms with van der Waals surface area (Å²) in [5.74, 6) is -0.694. The smallest absolute Gasteiger partial charge is 0.289 e. The SMILES string of the molecule is CC[n+]1nc(C)sc1/C=C/c1cc(O)cc(O)c1O. The third kappa shape index (κ3) is 2.85. The number of hydrogen-bond donors (Lipinski definition) is 3. The van der Waals surface area contributed by atoms with E-state index in [0.29, 0.717) is 5.56 Å². The van der Waals surface area contributed by atoms with Crippen molar-refractivity contribution in [1.82, 2.24) is 5.10 Å². The van der Waals surface area contributed by atoms with Crippen LogP contribution in [0, 0.1) is 6.92 Å². The van der Waals surface area contributed by atoms with Crippen LogP contribution in [0.1, 0.15) is 22.5 Å². The van der Waals surface area contributed by atoms with E-state index in [2.05, 4.69) is 5.10 Å². The van der Waals surface area contributed by atoms with Gasteiger partial charge in [-0.3, -0.25) is 0 Å². The highest BCUT2D eigenvalue weighted by molar-refractivity contribution is 7.11. The summed E-state index contributed by atoms with van der Waals surface area (Å²) in [6.07, 6.45) is 3.43. The van der Waals surface area contributed by atoms with Crippen LogP contribution in [-0.4, -0.2) is 20.4 Å². The molecule has 5 nitrogen and oxygen atoms in total. The van der Waals surface area contributed by atoms with E-state index in [-0.39, 0.29) is 17.2 Å². The van der Waals surface area contributed by atoms with Crippen molar-refractivity contribution in [3.8, 4) is 17.2 Å². The van der Waals surface area contributed by atoms with Crippen LogP contribution in [-0.2, 0) is 6.54 Å². The first kappa shape index (κ1) is 13.4. The molecule has 0 radical (unpaired) electrons. The molecule has 100 valence electrons. The molecule has 0 aliphatic carbocycles. The van der Waals surface area contributed by atoms with Crippen LogP contribution < -0.4 is 4.68 Å². The number of hydrogen-bond acceptors (Lipinski definition) is 5. The summed E-state index contributed by atoms with van der Waals surface area (Å²) >= 11 is 1.53. The predicted octanol–water partition coefficient (Wildman–Crippen LogP) is 2.05. The number of phenolic OH excluding ortho intramolecular Hbond substituents is 3. The van der Waals surface area contributed by atoms with Gasteiger partial charge in [-0.2, -0.15) is 0 Å². The molecule has 3 N–H and O–H groups in total. The molecule has 0 saturated carbocycles. The molecule has 0 aliphatic rings. The summed E-state index contributed by atoms with van der Waals surface area (Å²) in [7, 11) is 0. The Morgan fingerprint density at radius 3 is 2.68 bits per heavy atom. The van der Waals surface area contributed by atoms with Crippen molar-refractivity contribution >= 4 is 23.5 Å². The average Bonchev–Trinajstić information content (AvgIpc) is 2.72. The third-order valence-electron chi connectivity index (χ3n) is 2.58. The zero-order valence-corrected chi connectivity index (χ0v) is 11.5. The Hall–Kier alpha value is -2.08. The van der Waals surface area contributed by atoms with Crippen LogP contribution in [0.5, 0.6) is 17.2 Å². The molecular weight excluding hydrogens is 264 g/mol. The van der Waals surface area contributed by atoms with Crippen LogP contribution >= 0.6 is 11.3 Å². The second-order valence-electron chi connectivity index (χ2n) is 4.01. The molecule has 1 aromatic carbocycles. The summed E-state index contributed by atoms with van der Waals surface area (Å²) in [4.78, 5) is 0. The number of rotatable bonds is 3. The molecule has 2 aromatic rings. The van der Waals surface area contributed by atoms with Gasteiger partial charge in [0.1, 0.15) is 5.75 Å². The quantitative estimate of drug-likeness (QED) is 0.456. The number of aryl methyl sites for hydroxylation is 2. The first-order valence-corrected chi connectivity index (χ1v) is 6.63. The molecule has 1 heterocycles. The minimum absolute atomic E-state index is 0.0983. The van der Waals surface area contributed by atoms with Gasteiger partial charge in [0, 0.05) is 22.8 Å². The maximum atomic E-state index is 9.70. The molecule has 6 heteroatoms. The molecule has 0 bridgehead atoms. The minimum Gasteiger partial charge on any atom is -0.508 e. The van der Waals surface area contributed by atoms with Crippen LogP contribution in [0.15, 0.2) is 12.1 Å². The van der Waals surface area contributed by atoms with Gasteiger partial charge >= 0.3 is 0 Å². The van der Waals surface area contributed by atoms with Gasteiger partial charge in [-0.25, -0.2) is 0 Å². The Labute approximate surface area is 114 Å². The zero-order valence-electron chi connectivity index (χ0n) is 10.7. The fourth-order valence-corrected chi connectivity index (χ4v) is 2.56. The Morgan fingerprint density at radius 2 is 2.00 bits per heavy atom. The Morgan fingerprint density at radius 1 is 1.26 bits per heavy atom. The van der Waals surface area contributed by atoms with Crippen molar-refractivity contribution in [3.63, 3.8) is 0 Å². The molecular formula is C13H15N2O3S+. The normalized spacial score (nSPS) is 11.3. The van der Waals surface area contributed by atoms with Gasteiger partial charge in [0.2, 0.25) is 0 Å². The number of phenols is 3. The third-order valence-corrected chi connectivity index (χ3v) is 3.51. The molecule has 1 aromatic heterocycles. The zero-order chi connectivity index (χ0) is 14.0. The molecule has 19 heavy (non-hydrogen) atoms. The Bertz CT molecular complexity index is 635. The lowest BCUT2D eigenvalue weighted by Crippen LogP contribution is -2.36. The fraction of sp³-hybridized carbons (Fsp3) is 0.231. The lowest BCUT2D eigenvalue weighted by molar-refractivity contribution is -0.747. The van der Waals surface area contributed by atoms with Gasteiger partial charge in [-0.15, -0.1) is 0 Å². The largest absolute Gasteiger partial charge is 0.508 e. The van der Waals surface area contributed by atoms with Crippen LogP contribution in [0.2, 0.25) is 0 Å². The molecule has 0 spiro atoms. The molecule has 0 fully saturated rings. The van der Waals surface area contributed by atoms with Crippen molar-refractivity contribution in [1.29, 1.82) is 0 Å². The van der Waals surface area contributed by atoms with E-state index in [1.807, 2.05) is 18.5 Å². The van der Waals surface area contributed by atoms with E-state index < -0.39 is 0 Å². The van der Waals surface area contributed by atoms with Gasteiger partial charge in [0.15, 0.2) is 23.1 Å². The van der Waals surface area contributed by atoms with E-state index in [9.17, 15) is 15.3 Å². The standard InChI is InChI=1S/C13H14N2O3S/c1-3-15-12(19-8(2)14-15)5-4-9-6-10(16)7-11(17)13(9)18/h4-7,16-17H,3H2,1-2H3/p+1. The lowest BCUT2D eigenvalue weighted by atomic mass is 10.1. The van der Waals surface area contributed by atoms with Crippen molar-refractivity contribution in [2.75, 3.05) is 0 Å². The Balaban J connectivity index is 2.37. The van der Waals surface area contributed by atoms with Gasteiger partial charge in [0.25, 0.3) is 5.01 Å². The molecule has 0 aliphatic heterocycles. The first-order chi connectivity index (χ1) is 9.01. The number of aromatic hydroxyl groups is 3. The van der Waals surface area contributed by atoms with Crippen molar-refractivity contribution in [2.45, 2.75) is 20.4 Å². The summed E-state index contributed by atoms with van der Waals surface area (Å²) in [5, 5.41) is 34.7. The lowest BCUT2D eigenvalue weighted by Gasteiger charge is -2.02. The maximum absolute atomic E-state index is 9.70.